The van der Waals surface area contributed by atoms with Crippen LogP contribution < -0.4 is 14.2 Å². The van der Waals surface area contributed by atoms with Crippen LogP contribution in [0.3, 0.4) is 0 Å². The highest BCUT2D eigenvalue weighted by Crippen LogP contribution is 2.26. The number of ketones is 1. The highest BCUT2D eigenvalue weighted by molar-refractivity contribution is 6.07. The normalized spacial score (nSPS) is 10.7. The number of hydrogen-bond acceptors (Lipinski definition) is 6. The van der Waals surface area contributed by atoms with Gasteiger partial charge in [0, 0.05) is 31.4 Å². The van der Waals surface area contributed by atoms with Crippen molar-refractivity contribution in [2.75, 3.05) is 34.9 Å². The van der Waals surface area contributed by atoms with Crippen molar-refractivity contribution in [3.8, 4) is 17.2 Å². The molecule has 138 valence electrons. The number of allylic oxidation sites excluding steroid dienone is 1. The molecule has 2 rings (SSSR count). The fourth-order valence-electron chi connectivity index (χ4n) is 2.13. The minimum atomic E-state index is -0.128. The summed E-state index contributed by atoms with van der Waals surface area (Å²) in [7, 11) is 4.67. The van der Waals surface area contributed by atoms with Gasteiger partial charge in [-0.05, 0) is 48.6 Å². The number of methoxy groups -OCH3 is 3. The zero-order valence-corrected chi connectivity index (χ0v) is 15.1. The lowest BCUT2D eigenvalue weighted by Crippen LogP contribution is -2.01. The van der Waals surface area contributed by atoms with E-state index < -0.39 is 0 Å². The Bertz CT molecular complexity index is 736. The van der Waals surface area contributed by atoms with Gasteiger partial charge in [-0.25, -0.2) is 0 Å². The molecular formula is C20H22O6. The van der Waals surface area contributed by atoms with Gasteiger partial charge in [0.25, 0.3) is 0 Å². The smallest absolute Gasteiger partial charge is 0.188 e. The summed E-state index contributed by atoms with van der Waals surface area (Å²) in [6.45, 7) is 0.264. The first-order chi connectivity index (χ1) is 12.7. The van der Waals surface area contributed by atoms with Crippen molar-refractivity contribution in [1.82, 2.24) is 0 Å². The maximum atomic E-state index is 12.3. The van der Waals surface area contributed by atoms with Gasteiger partial charge < -0.3 is 23.7 Å². The van der Waals surface area contributed by atoms with Crippen LogP contribution in [0.4, 0.5) is 0 Å². The van der Waals surface area contributed by atoms with Gasteiger partial charge in [-0.1, -0.05) is 0 Å². The van der Waals surface area contributed by atoms with Crippen LogP contribution in [0, 0.1) is 0 Å². The SMILES string of the molecule is COCOc1ccc(C(=O)/C=C/c2ccc(OC)cc2OCOC)cc1. The monoisotopic (exact) mass is 358 g/mol. The molecule has 0 saturated heterocycles. The fourth-order valence-corrected chi connectivity index (χ4v) is 2.13. The molecule has 0 aliphatic rings. The molecule has 0 aromatic heterocycles. The Hall–Kier alpha value is -2.83. The molecule has 0 saturated carbocycles. The van der Waals surface area contributed by atoms with Crippen LogP contribution in [0.15, 0.2) is 48.5 Å². The van der Waals surface area contributed by atoms with Gasteiger partial charge in [-0.15, -0.1) is 0 Å². The third-order valence-corrected chi connectivity index (χ3v) is 3.45. The molecule has 0 aliphatic heterocycles. The van der Waals surface area contributed by atoms with Crippen molar-refractivity contribution < 1.29 is 28.5 Å². The summed E-state index contributed by atoms with van der Waals surface area (Å²) in [6, 6.07) is 12.2. The van der Waals surface area contributed by atoms with E-state index in [1.807, 2.05) is 6.07 Å². The predicted octanol–water partition coefficient (Wildman–Crippen LogP) is 3.56. The molecule has 0 heterocycles. The van der Waals surface area contributed by atoms with E-state index in [0.29, 0.717) is 22.8 Å². The molecule has 0 radical (unpaired) electrons. The molecule has 0 atom stereocenters. The first kappa shape index (κ1) is 19.5. The molecule has 0 bridgehead atoms. The number of hydrogen-bond donors (Lipinski definition) is 0. The lowest BCUT2D eigenvalue weighted by atomic mass is 10.1. The van der Waals surface area contributed by atoms with Gasteiger partial charge in [0.2, 0.25) is 0 Å². The van der Waals surface area contributed by atoms with Crippen LogP contribution in [-0.4, -0.2) is 40.7 Å². The molecule has 26 heavy (non-hydrogen) atoms. The van der Waals surface area contributed by atoms with Crippen molar-refractivity contribution in [3.05, 3.63) is 59.7 Å². The van der Waals surface area contributed by atoms with E-state index in [2.05, 4.69) is 0 Å². The second kappa shape index (κ2) is 10.2. The second-order valence-electron chi connectivity index (χ2n) is 5.23. The quantitative estimate of drug-likeness (QED) is 0.368. The van der Waals surface area contributed by atoms with Gasteiger partial charge in [-0.2, -0.15) is 0 Å². The van der Waals surface area contributed by atoms with Crippen molar-refractivity contribution in [1.29, 1.82) is 0 Å². The highest BCUT2D eigenvalue weighted by Gasteiger charge is 2.06. The fraction of sp³-hybridized carbons (Fsp3) is 0.250. The molecule has 6 heteroatoms. The molecule has 0 spiro atoms. The van der Waals surface area contributed by atoms with Crippen molar-refractivity contribution in [2.45, 2.75) is 0 Å². The van der Waals surface area contributed by atoms with E-state index in [1.165, 1.54) is 6.08 Å². The van der Waals surface area contributed by atoms with Crippen molar-refractivity contribution in [3.63, 3.8) is 0 Å². The van der Waals surface area contributed by atoms with Crippen LogP contribution in [0.1, 0.15) is 15.9 Å². The van der Waals surface area contributed by atoms with E-state index in [9.17, 15) is 4.79 Å². The molecule has 0 fully saturated rings. The Morgan fingerprint density at radius 3 is 2.19 bits per heavy atom. The zero-order chi connectivity index (χ0) is 18.8. The molecule has 6 nitrogen and oxygen atoms in total. The maximum absolute atomic E-state index is 12.3. The van der Waals surface area contributed by atoms with Gasteiger partial charge in [0.15, 0.2) is 19.4 Å². The summed E-state index contributed by atoms with van der Waals surface area (Å²) >= 11 is 0. The lowest BCUT2D eigenvalue weighted by Gasteiger charge is -2.10. The molecule has 0 unspecified atom stereocenters. The summed E-state index contributed by atoms with van der Waals surface area (Å²) in [5.41, 5.74) is 1.30. The summed E-state index contributed by atoms with van der Waals surface area (Å²) < 4.78 is 25.8. The standard InChI is InChI=1S/C20H22O6/c1-22-13-25-17-8-4-15(5-9-17)19(21)11-7-16-6-10-18(24-3)12-20(16)26-14-23-2/h4-12H,13-14H2,1-3H3/b11-7+. The topological polar surface area (TPSA) is 63.2 Å². The largest absolute Gasteiger partial charge is 0.497 e. The van der Waals surface area contributed by atoms with Crippen LogP contribution in [0.5, 0.6) is 17.2 Å². The van der Waals surface area contributed by atoms with E-state index >= 15 is 0 Å². The number of rotatable bonds is 10. The summed E-state index contributed by atoms with van der Waals surface area (Å²) in [6.07, 6.45) is 3.19. The Labute approximate surface area is 152 Å². The average molecular weight is 358 g/mol. The van der Waals surface area contributed by atoms with Crippen molar-refractivity contribution in [2.24, 2.45) is 0 Å². The molecule has 0 N–H and O–H groups in total. The second-order valence-corrected chi connectivity index (χ2v) is 5.23. The van der Waals surface area contributed by atoms with Gasteiger partial charge in [0.05, 0.1) is 7.11 Å². The zero-order valence-electron chi connectivity index (χ0n) is 15.1. The molecule has 2 aromatic rings. The highest BCUT2D eigenvalue weighted by atomic mass is 16.7. The Morgan fingerprint density at radius 1 is 0.885 bits per heavy atom. The van der Waals surface area contributed by atoms with Crippen LogP contribution in [0.2, 0.25) is 0 Å². The molecule has 2 aromatic carbocycles. The first-order valence-corrected chi connectivity index (χ1v) is 7.92. The first-order valence-electron chi connectivity index (χ1n) is 7.92. The number of ether oxygens (including phenoxy) is 5. The maximum Gasteiger partial charge on any atom is 0.188 e. The van der Waals surface area contributed by atoms with E-state index in [-0.39, 0.29) is 19.4 Å². The van der Waals surface area contributed by atoms with E-state index in [1.54, 1.807) is 63.8 Å². The summed E-state index contributed by atoms with van der Waals surface area (Å²) in [5, 5.41) is 0. The van der Waals surface area contributed by atoms with E-state index in [4.69, 9.17) is 23.7 Å². The van der Waals surface area contributed by atoms with Crippen molar-refractivity contribution >= 4 is 11.9 Å². The van der Waals surface area contributed by atoms with Gasteiger partial charge in [-0.3, -0.25) is 4.79 Å². The Morgan fingerprint density at radius 2 is 1.54 bits per heavy atom. The Kier molecular flexibility index (Phi) is 7.67. The van der Waals surface area contributed by atoms with Gasteiger partial charge >= 0.3 is 0 Å². The number of carbonyl (C=O) groups excluding carboxylic acids is 1. The van der Waals surface area contributed by atoms with Crippen LogP contribution in [-0.2, 0) is 9.47 Å². The number of benzene rings is 2. The van der Waals surface area contributed by atoms with Crippen LogP contribution >= 0.6 is 0 Å². The summed E-state index contributed by atoms with van der Waals surface area (Å²) in [4.78, 5) is 12.3. The molecule has 0 amide bonds. The number of carbonyl (C=O) groups is 1. The minimum Gasteiger partial charge on any atom is -0.497 e. The molecule has 0 aliphatic carbocycles. The van der Waals surface area contributed by atoms with Gasteiger partial charge in [0.1, 0.15) is 17.2 Å². The van der Waals surface area contributed by atoms with Crippen LogP contribution in [0.25, 0.3) is 6.08 Å². The summed E-state index contributed by atoms with van der Waals surface area (Å²) in [5.74, 6) is 1.74. The molecular weight excluding hydrogens is 336 g/mol. The lowest BCUT2D eigenvalue weighted by molar-refractivity contribution is 0.0507. The Balaban J connectivity index is 2.11. The average Bonchev–Trinajstić information content (AvgIpc) is 2.69. The predicted molar refractivity (Wildman–Crippen MR) is 97.8 cm³/mol. The minimum absolute atomic E-state index is 0.102. The third kappa shape index (κ3) is 5.61. The third-order valence-electron chi connectivity index (χ3n) is 3.45. The van der Waals surface area contributed by atoms with E-state index in [0.717, 1.165) is 5.56 Å².